The first-order valence-electron chi connectivity index (χ1n) is 6.65. The summed E-state index contributed by atoms with van der Waals surface area (Å²) in [6.07, 6.45) is 2.93. The zero-order valence-corrected chi connectivity index (χ0v) is 11.7. The standard InChI is InChI=1S/C13H25N3O2/c1-4-8-16-13(6-7-15-16)12(14-5-2)11-18-10-9-17-3/h6-7,12,14H,4-5,8-11H2,1-3H3. The maximum absolute atomic E-state index is 5.62. The minimum absolute atomic E-state index is 0.195. The van der Waals surface area contributed by atoms with Gasteiger partial charge in [-0.15, -0.1) is 0 Å². The van der Waals surface area contributed by atoms with E-state index in [4.69, 9.17) is 9.47 Å². The van der Waals surface area contributed by atoms with Gasteiger partial charge in [-0.05, 0) is 19.0 Å². The van der Waals surface area contributed by atoms with Gasteiger partial charge in [-0.1, -0.05) is 13.8 Å². The summed E-state index contributed by atoms with van der Waals surface area (Å²) < 4.78 is 12.6. The largest absolute Gasteiger partial charge is 0.382 e. The van der Waals surface area contributed by atoms with E-state index in [0.29, 0.717) is 19.8 Å². The number of hydrogen-bond acceptors (Lipinski definition) is 4. The average Bonchev–Trinajstić information content (AvgIpc) is 2.82. The minimum Gasteiger partial charge on any atom is -0.382 e. The maximum atomic E-state index is 5.62. The van der Waals surface area contributed by atoms with Gasteiger partial charge in [-0.3, -0.25) is 4.68 Å². The summed E-state index contributed by atoms with van der Waals surface area (Å²) in [5, 5.41) is 7.78. The van der Waals surface area contributed by atoms with Crippen LogP contribution in [0.5, 0.6) is 0 Å². The number of hydrogen-bond donors (Lipinski definition) is 1. The van der Waals surface area contributed by atoms with Gasteiger partial charge in [-0.25, -0.2) is 0 Å². The Kier molecular flexibility index (Phi) is 7.64. The fraction of sp³-hybridized carbons (Fsp3) is 0.769. The van der Waals surface area contributed by atoms with Crippen LogP contribution in [0.3, 0.4) is 0 Å². The van der Waals surface area contributed by atoms with Gasteiger partial charge >= 0.3 is 0 Å². The predicted octanol–water partition coefficient (Wildman–Crippen LogP) is 1.61. The van der Waals surface area contributed by atoms with E-state index in [2.05, 4.69) is 30.3 Å². The highest BCUT2D eigenvalue weighted by atomic mass is 16.5. The predicted molar refractivity (Wildman–Crippen MR) is 71.6 cm³/mol. The van der Waals surface area contributed by atoms with Crippen LogP contribution in [-0.4, -0.2) is 43.3 Å². The number of likely N-dealkylation sites (N-methyl/N-ethyl adjacent to an activating group) is 1. The summed E-state index contributed by atoms with van der Waals surface area (Å²) in [6, 6.07) is 2.25. The number of rotatable bonds is 10. The second-order valence-electron chi connectivity index (χ2n) is 4.16. The molecule has 0 spiro atoms. The third-order valence-corrected chi connectivity index (χ3v) is 2.71. The van der Waals surface area contributed by atoms with Crippen molar-refractivity contribution in [3.63, 3.8) is 0 Å². The van der Waals surface area contributed by atoms with Crippen molar-refractivity contribution >= 4 is 0 Å². The molecule has 0 fully saturated rings. The smallest absolute Gasteiger partial charge is 0.0729 e. The topological polar surface area (TPSA) is 48.3 Å². The lowest BCUT2D eigenvalue weighted by atomic mass is 10.2. The van der Waals surface area contributed by atoms with Crippen LogP contribution < -0.4 is 5.32 Å². The van der Waals surface area contributed by atoms with Gasteiger partial charge in [0, 0.05) is 19.9 Å². The summed E-state index contributed by atoms with van der Waals surface area (Å²) in [4.78, 5) is 0. The van der Waals surface area contributed by atoms with Crippen molar-refractivity contribution < 1.29 is 9.47 Å². The summed E-state index contributed by atoms with van der Waals surface area (Å²) in [7, 11) is 1.68. The summed E-state index contributed by atoms with van der Waals surface area (Å²) in [5.74, 6) is 0. The van der Waals surface area contributed by atoms with Gasteiger partial charge in [-0.2, -0.15) is 5.10 Å². The van der Waals surface area contributed by atoms with Crippen molar-refractivity contribution in [1.29, 1.82) is 0 Å². The van der Waals surface area contributed by atoms with Crippen LogP contribution in [0.1, 0.15) is 32.0 Å². The first-order valence-corrected chi connectivity index (χ1v) is 6.65. The van der Waals surface area contributed by atoms with Gasteiger partial charge in [0.25, 0.3) is 0 Å². The van der Waals surface area contributed by atoms with E-state index >= 15 is 0 Å². The molecule has 0 aliphatic rings. The third-order valence-electron chi connectivity index (χ3n) is 2.71. The Bertz CT molecular complexity index is 315. The van der Waals surface area contributed by atoms with Gasteiger partial charge in [0.05, 0.1) is 31.6 Å². The molecule has 18 heavy (non-hydrogen) atoms. The fourth-order valence-corrected chi connectivity index (χ4v) is 1.88. The van der Waals surface area contributed by atoms with Crippen LogP contribution >= 0.6 is 0 Å². The second-order valence-corrected chi connectivity index (χ2v) is 4.16. The minimum atomic E-state index is 0.195. The van der Waals surface area contributed by atoms with Crippen molar-refractivity contribution in [1.82, 2.24) is 15.1 Å². The van der Waals surface area contributed by atoms with Gasteiger partial charge in [0.1, 0.15) is 0 Å². The maximum Gasteiger partial charge on any atom is 0.0729 e. The van der Waals surface area contributed by atoms with Crippen LogP contribution in [0.2, 0.25) is 0 Å². The van der Waals surface area contributed by atoms with Crippen LogP contribution in [0.25, 0.3) is 0 Å². The molecule has 104 valence electrons. The van der Waals surface area contributed by atoms with E-state index in [0.717, 1.165) is 19.5 Å². The van der Waals surface area contributed by atoms with Crippen molar-refractivity contribution in [2.75, 3.05) is 33.5 Å². The van der Waals surface area contributed by atoms with E-state index in [9.17, 15) is 0 Å². The first kappa shape index (κ1) is 15.1. The van der Waals surface area contributed by atoms with E-state index in [-0.39, 0.29) is 6.04 Å². The van der Waals surface area contributed by atoms with Crippen molar-refractivity contribution in [3.8, 4) is 0 Å². The Labute approximate surface area is 109 Å². The number of aryl methyl sites for hydroxylation is 1. The van der Waals surface area contributed by atoms with Crippen LogP contribution in [-0.2, 0) is 16.0 Å². The Hall–Kier alpha value is -0.910. The lowest BCUT2D eigenvalue weighted by Gasteiger charge is -2.19. The Balaban J connectivity index is 2.56. The number of nitrogens with zero attached hydrogens (tertiary/aromatic N) is 2. The summed E-state index contributed by atoms with van der Waals surface area (Å²) in [5.41, 5.74) is 1.19. The molecule has 0 aromatic carbocycles. The zero-order valence-electron chi connectivity index (χ0n) is 11.7. The van der Waals surface area contributed by atoms with E-state index < -0.39 is 0 Å². The molecule has 1 aromatic rings. The van der Waals surface area contributed by atoms with Gasteiger partial charge < -0.3 is 14.8 Å². The van der Waals surface area contributed by atoms with E-state index in [1.54, 1.807) is 7.11 Å². The molecular formula is C13H25N3O2. The Morgan fingerprint density at radius 3 is 2.89 bits per heavy atom. The number of methoxy groups -OCH3 is 1. The lowest BCUT2D eigenvalue weighted by molar-refractivity contribution is 0.0575. The number of ether oxygens (including phenoxy) is 2. The van der Waals surface area contributed by atoms with Crippen molar-refractivity contribution in [3.05, 3.63) is 18.0 Å². The summed E-state index contributed by atoms with van der Waals surface area (Å²) in [6.45, 7) is 8.02. The highest BCUT2D eigenvalue weighted by molar-refractivity contribution is 5.07. The molecule has 0 saturated heterocycles. The molecule has 0 bridgehead atoms. The van der Waals surface area contributed by atoms with Crippen molar-refractivity contribution in [2.24, 2.45) is 0 Å². The highest BCUT2D eigenvalue weighted by Crippen LogP contribution is 2.13. The van der Waals surface area contributed by atoms with Gasteiger partial charge in [0.15, 0.2) is 0 Å². The molecule has 1 atom stereocenters. The number of nitrogens with one attached hydrogen (secondary N) is 1. The molecule has 1 aromatic heterocycles. The quantitative estimate of drug-likeness (QED) is 0.645. The molecule has 0 radical (unpaired) electrons. The van der Waals surface area contributed by atoms with Gasteiger partial charge in [0.2, 0.25) is 0 Å². The normalized spacial score (nSPS) is 12.8. The fourth-order valence-electron chi connectivity index (χ4n) is 1.88. The zero-order chi connectivity index (χ0) is 13.2. The highest BCUT2D eigenvalue weighted by Gasteiger charge is 2.15. The monoisotopic (exact) mass is 255 g/mol. The molecule has 1 unspecified atom stereocenters. The first-order chi connectivity index (χ1) is 8.83. The molecule has 0 amide bonds. The second kappa shape index (κ2) is 9.08. The molecule has 0 aliphatic heterocycles. The van der Waals surface area contributed by atoms with Crippen LogP contribution in [0.15, 0.2) is 12.3 Å². The molecule has 5 nitrogen and oxygen atoms in total. The Morgan fingerprint density at radius 2 is 2.22 bits per heavy atom. The Morgan fingerprint density at radius 1 is 1.39 bits per heavy atom. The summed E-state index contributed by atoms with van der Waals surface area (Å²) >= 11 is 0. The molecule has 0 aliphatic carbocycles. The average molecular weight is 255 g/mol. The molecule has 5 heteroatoms. The SMILES string of the molecule is CCCn1nccc1C(COCCOC)NCC. The third kappa shape index (κ3) is 4.76. The lowest BCUT2D eigenvalue weighted by Crippen LogP contribution is -2.28. The number of aromatic nitrogens is 2. The van der Waals surface area contributed by atoms with Crippen molar-refractivity contribution in [2.45, 2.75) is 32.9 Å². The van der Waals surface area contributed by atoms with E-state index in [1.807, 2.05) is 10.9 Å². The molecule has 0 saturated carbocycles. The van der Waals surface area contributed by atoms with Crippen LogP contribution in [0, 0.1) is 0 Å². The molecule has 1 heterocycles. The molecular weight excluding hydrogens is 230 g/mol. The van der Waals surface area contributed by atoms with E-state index in [1.165, 1.54) is 5.69 Å². The molecule has 1 N–H and O–H groups in total. The molecule has 1 rings (SSSR count). The van der Waals surface area contributed by atoms with Crippen LogP contribution in [0.4, 0.5) is 0 Å².